The van der Waals surface area contributed by atoms with Crippen molar-refractivity contribution in [3.8, 4) is 0 Å². The molecule has 0 spiro atoms. The minimum absolute atomic E-state index is 0.0684. The van der Waals surface area contributed by atoms with Crippen molar-refractivity contribution in [2.75, 3.05) is 0 Å². The maximum Gasteiger partial charge on any atom is 0.463 e. The van der Waals surface area contributed by atoms with Gasteiger partial charge in [0.2, 0.25) is 0 Å². The largest absolute Gasteiger partial charge is 0.463 e. The van der Waals surface area contributed by atoms with Crippen LogP contribution in [0.4, 0.5) is 22.0 Å². The van der Waals surface area contributed by atoms with Gasteiger partial charge < -0.3 is 5.32 Å². The van der Waals surface area contributed by atoms with Gasteiger partial charge in [-0.25, -0.2) is 0 Å². The maximum absolute atomic E-state index is 12.5. The summed E-state index contributed by atoms with van der Waals surface area (Å²) >= 11 is 0. The summed E-state index contributed by atoms with van der Waals surface area (Å²) in [4.78, 5) is 10.7. The molecule has 1 N–H and O–H groups in total. The van der Waals surface area contributed by atoms with Crippen LogP contribution in [0.3, 0.4) is 0 Å². The topological polar surface area (TPSA) is 54.9 Å². The third kappa shape index (κ3) is 3.08. The fourth-order valence-corrected chi connectivity index (χ4v) is 0.838. The second-order valence-corrected chi connectivity index (χ2v) is 2.97. The van der Waals surface area contributed by atoms with Crippen LogP contribution in [0.1, 0.15) is 5.69 Å². The first-order valence-corrected chi connectivity index (χ1v) is 4.24. The quantitative estimate of drug-likeness (QED) is 0.828. The van der Waals surface area contributed by atoms with Gasteiger partial charge in [0.1, 0.15) is 0 Å². The Bertz CT molecular complexity index is 392. The summed E-state index contributed by atoms with van der Waals surface area (Å²) in [5.74, 6) is -7.84. The lowest BCUT2D eigenvalue weighted by Gasteiger charge is -2.18. The van der Waals surface area contributed by atoms with Crippen molar-refractivity contribution >= 4 is 5.91 Å². The van der Waals surface area contributed by atoms with Crippen LogP contribution in [0.5, 0.6) is 0 Å². The van der Waals surface area contributed by atoms with Crippen LogP contribution in [-0.4, -0.2) is 28.2 Å². The number of carbonyl (C=O) groups excluding carboxylic acids is 1. The molecule has 0 aliphatic rings. The number of nitrogens with zero attached hydrogens (tertiary/aromatic N) is 2. The minimum atomic E-state index is -5.92. The second kappa shape index (κ2) is 4.60. The van der Waals surface area contributed by atoms with Crippen LogP contribution in [0.15, 0.2) is 18.3 Å². The number of halogens is 5. The van der Waals surface area contributed by atoms with Crippen molar-refractivity contribution in [3.63, 3.8) is 0 Å². The Labute approximate surface area is 91.8 Å². The van der Waals surface area contributed by atoms with Crippen molar-refractivity contribution in [2.45, 2.75) is 18.6 Å². The van der Waals surface area contributed by atoms with Gasteiger partial charge >= 0.3 is 18.0 Å². The number of nitrogens with one attached hydrogen (secondary N) is 1. The van der Waals surface area contributed by atoms with E-state index in [1.54, 1.807) is 0 Å². The van der Waals surface area contributed by atoms with Crippen molar-refractivity contribution in [2.24, 2.45) is 0 Å². The Morgan fingerprint density at radius 1 is 1.29 bits per heavy atom. The van der Waals surface area contributed by atoms with E-state index in [0.29, 0.717) is 0 Å². The molecular formula is C8H6F5N3O. The lowest BCUT2D eigenvalue weighted by molar-refractivity contribution is -0.269. The van der Waals surface area contributed by atoms with Gasteiger partial charge in [0.25, 0.3) is 0 Å². The standard InChI is InChI=1S/C8H6F5N3O/c9-7(10,8(11,12)13)6(17)14-4-5-2-1-3-15-16-5/h1-3H,4H2,(H,14,17). The highest BCUT2D eigenvalue weighted by Crippen LogP contribution is 2.35. The molecule has 1 aromatic heterocycles. The molecule has 0 unspecified atom stereocenters. The van der Waals surface area contributed by atoms with E-state index >= 15 is 0 Å². The predicted octanol–water partition coefficient (Wildman–Crippen LogP) is 1.29. The van der Waals surface area contributed by atoms with E-state index in [9.17, 15) is 26.7 Å². The lowest BCUT2D eigenvalue weighted by Crippen LogP contribution is -2.50. The molecule has 0 saturated carbocycles. The number of carbonyl (C=O) groups is 1. The molecule has 0 radical (unpaired) electrons. The summed E-state index contributed by atoms with van der Waals surface area (Å²) in [6.07, 6.45) is -4.63. The third-order valence-corrected chi connectivity index (χ3v) is 1.70. The van der Waals surface area contributed by atoms with Gasteiger partial charge in [-0.15, -0.1) is 0 Å². The SMILES string of the molecule is O=C(NCc1cccnn1)C(F)(F)C(F)(F)F. The fraction of sp³-hybridized carbons (Fsp3) is 0.375. The van der Waals surface area contributed by atoms with Crippen LogP contribution < -0.4 is 5.32 Å². The number of rotatable bonds is 3. The van der Waals surface area contributed by atoms with Gasteiger partial charge in [-0.05, 0) is 12.1 Å². The average Bonchev–Trinajstić information content (AvgIpc) is 2.25. The summed E-state index contributed by atoms with van der Waals surface area (Å²) in [6, 6.07) is 2.72. The zero-order chi connectivity index (χ0) is 13.1. The van der Waals surface area contributed by atoms with E-state index in [4.69, 9.17) is 0 Å². The first-order chi connectivity index (χ1) is 7.75. The normalized spacial score (nSPS) is 12.3. The minimum Gasteiger partial charge on any atom is -0.345 e. The molecule has 0 aliphatic carbocycles. The smallest absolute Gasteiger partial charge is 0.345 e. The Hall–Kier alpha value is -1.80. The molecule has 4 nitrogen and oxygen atoms in total. The van der Waals surface area contributed by atoms with Gasteiger partial charge in [0.15, 0.2) is 0 Å². The summed E-state index contributed by atoms with van der Waals surface area (Å²) in [6.45, 7) is -0.557. The van der Waals surface area contributed by atoms with E-state index < -0.39 is 24.6 Å². The zero-order valence-corrected chi connectivity index (χ0v) is 8.13. The van der Waals surface area contributed by atoms with Crippen molar-refractivity contribution in [1.82, 2.24) is 15.5 Å². The number of aromatic nitrogens is 2. The molecule has 0 aliphatic heterocycles. The lowest BCUT2D eigenvalue weighted by atomic mass is 10.3. The average molecular weight is 255 g/mol. The fourth-order valence-electron chi connectivity index (χ4n) is 0.838. The molecule has 0 bridgehead atoms. The van der Waals surface area contributed by atoms with Crippen LogP contribution >= 0.6 is 0 Å². The third-order valence-electron chi connectivity index (χ3n) is 1.70. The molecule has 1 heterocycles. The van der Waals surface area contributed by atoms with Crippen molar-refractivity contribution < 1.29 is 26.7 Å². The van der Waals surface area contributed by atoms with Crippen LogP contribution in [0.25, 0.3) is 0 Å². The van der Waals surface area contributed by atoms with Crippen molar-refractivity contribution in [1.29, 1.82) is 0 Å². The van der Waals surface area contributed by atoms with E-state index in [0.717, 1.165) is 0 Å². The first kappa shape index (κ1) is 13.3. The Kier molecular flexibility index (Phi) is 3.59. The summed E-state index contributed by atoms with van der Waals surface area (Å²) in [5.41, 5.74) is 0.0684. The second-order valence-electron chi connectivity index (χ2n) is 2.97. The molecule has 0 atom stereocenters. The highest BCUT2D eigenvalue weighted by molar-refractivity contribution is 5.84. The van der Waals surface area contributed by atoms with Crippen LogP contribution in [0, 0.1) is 0 Å². The van der Waals surface area contributed by atoms with E-state index in [-0.39, 0.29) is 5.69 Å². The molecule has 0 fully saturated rings. The Morgan fingerprint density at radius 3 is 2.41 bits per heavy atom. The molecule has 0 saturated heterocycles. The summed E-state index contributed by atoms with van der Waals surface area (Å²) in [7, 11) is 0. The molecule has 0 aromatic carbocycles. The predicted molar refractivity (Wildman–Crippen MR) is 44.9 cm³/mol. The Balaban J connectivity index is 2.62. The molecular weight excluding hydrogens is 249 g/mol. The number of alkyl halides is 5. The molecule has 1 amide bonds. The van der Waals surface area contributed by atoms with Gasteiger partial charge in [-0.2, -0.15) is 32.1 Å². The van der Waals surface area contributed by atoms with Gasteiger partial charge in [-0.1, -0.05) is 0 Å². The summed E-state index contributed by atoms with van der Waals surface area (Å²) in [5, 5.41) is 8.20. The molecule has 94 valence electrons. The zero-order valence-electron chi connectivity index (χ0n) is 8.13. The van der Waals surface area contributed by atoms with E-state index in [1.807, 2.05) is 0 Å². The van der Waals surface area contributed by atoms with E-state index in [1.165, 1.54) is 23.6 Å². The Morgan fingerprint density at radius 2 is 1.94 bits per heavy atom. The highest BCUT2D eigenvalue weighted by Gasteiger charge is 2.63. The van der Waals surface area contributed by atoms with Crippen molar-refractivity contribution in [3.05, 3.63) is 24.0 Å². The number of amides is 1. The van der Waals surface area contributed by atoms with Gasteiger partial charge in [0, 0.05) is 6.20 Å². The van der Waals surface area contributed by atoms with Gasteiger partial charge in [-0.3, -0.25) is 4.79 Å². The van der Waals surface area contributed by atoms with Crippen LogP contribution in [-0.2, 0) is 11.3 Å². The molecule has 17 heavy (non-hydrogen) atoms. The molecule has 1 rings (SSSR count). The highest BCUT2D eigenvalue weighted by atomic mass is 19.4. The summed E-state index contributed by atoms with van der Waals surface area (Å²) < 4.78 is 60.2. The maximum atomic E-state index is 12.5. The van der Waals surface area contributed by atoms with Gasteiger partial charge in [0.05, 0.1) is 12.2 Å². The number of hydrogen-bond acceptors (Lipinski definition) is 3. The number of hydrogen-bond donors (Lipinski definition) is 1. The first-order valence-electron chi connectivity index (χ1n) is 4.24. The molecule has 9 heteroatoms. The van der Waals surface area contributed by atoms with E-state index in [2.05, 4.69) is 10.2 Å². The monoisotopic (exact) mass is 255 g/mol. The molecule has 1 aromatic rings. The van der Waals surface area contributed by atoms with Crippen LogP contribution in [0.2, 0.25) is 0 Å².